The van der Waals surface area contributed by atoms with E-state index in [1.807, 2.05) is 61.5 Å². The van der Waals surface area contributed by atoms with Crippen molar-refractivity contribution >= 4 is 23.2 Å². The molecular weight excluding hydrogens is 314 g/mol. The van der Waals surface area contributed by atoms with Crippen molar-refractivity contribution in [1.82, 2.24) is 5.43 Å². The van der Waals surface area contributed by atoms with E-state index in [1.54, 1.807) is 6.92 Å². The lowest BCUT2D eigenvalue weighted by atomic mass is 10.1. The van der Waals surface area contributed by atoms with Crippen LogP contribution in [0.15, 0.2) is 59.7 Å². The summed E-state index contributed by atoms with van der Waals surface area (Å²) in [7, 11) is 0. The lowest BCUT2D eigenvalue weighted by Crippen LogP contribution is -2.21. The predicted molar refractivity (Wildman–Crippen MR) is 100 cm³/mol. The minimum absolute atomic E-state index is 0.132. The summed E-state index contributed by atoms with van der Waals surface area (Å²) in [6.45, 7) is 3.70. The quantitative estimate of drug-likeness (QED) is 0.600. The molecule has 0 saturated heterocycles. The Morgan fingerprint density at radius 2 is 1.64 bits per heavy atom. The largest absolute Gasteiger partial charge is 0.326 e. The minimum atomic E-state index is -0.165. The molecule has 0 radical (unpaired) electrons. The van der Waals surface area contributed by atoms with Gasteiger partial charge in [-0.2, -0.15) is 5.10 Å². The summed E-state index contributed by atoms with van der Waals surface area (Å²) in [6, 6.07) is 17.4. The number of amides is 2. The van der Waals surface area contributed by atoms with E-state index >= 15 is 0 Å². The number of aryl methyl sites for hydroxylation is 2. The highest BCUT2D eigenvalue weighted by Crippen LogP contribution is 2.09. The predicted octanol–water partition coefficient (Wildman–Crippen LogP) is 3.45. The van der Waals surface area contributed by atoms with Crippen molar-refractivity contribution in [2.24, 2.45) is 5.10 Å². The van der Waals surface area contributed by atoms with Gasteiger partial charge in [0.1, 0.15) is 0 Å². The van der Waals surface area contributed by atoms with E-state index in [0.29, 0.717) is 18.6 Å². The molecule has 0 aliphatic carbocycles. The molecule has 5 nitrogen and oxygen atoms in total. The highest BCUT2D eigenvalue weighted by molar-refractivity contribution is 6.05. The van der Waals surface area contributed by atoms with Gasteiger partial charge >= 0.3 is 0 Å². The van der Waals surface area contributed by atoms with Crippen molar-refractivity contribution in [1.29, 1.82) is 0 Å². The van der Waals surface area contributed by atoms with Crippen LogP contribution in [0.5, 0.6) is 0 Å². The van der Waals surface area contributed by atoms with Crippen LogP contribution < -0.4 is 10.7 Å². The minimum Gasteiger partial charge on any atom is -0.326 e. The van der Waals surface area contributed by atoms with Gasteiger partial charge in [-0.15, -0.1) is 0 Å². The summed E-state index contributed by atoms with van der Waals surface area (Å²) >= 11 is 0. The molecule has 0 atom stereocenters. The molecule has 0 aliphatic heterocycles. The number of hydrogen-bond acceptors (Lipinski definition) is 3. The average Bonchev–Trinajstić information content (AvgIpc) is 2.61. The lowest BCUT2D eigenvalue weighted by molar-refractivity contribution is -0.121. The molecule has 0 aromatic heterocycles. The third-order valence-corrected chi connectivity index (χ3v) is 3.61. The van der Waals surface area contributed by atoms with Crippen LogP contribution in [-0.2, 0) is 16.0 Å². The summed E-state index contributed by atoms with van der Waals surface area (Å²) in [6.07, 6.45) is 1.15. The monoisotopic (exact) mass is 337 g/mol. The molecule has 0 fully saturated rings. The molecular formula is C20H23N3O2. The molecule has 0 unspecified atom stereocenters. The first kappa shape index (κ1) is 18.4. The van der Waals surface area contributed by atoms with E-state index < -0.39 is 0 Å². The Morgan fingerprint density at radius 1 is 0.960 bits per heavy atom. The lowest BCUT2D eigenvalue weighted by Gasteiger charge is -2.06. The molecule has 2 N–H and O–H groups in total. The summed E-state index contributed by atoms with van der Waals surface area (Å²) < 4.78 is 0. The van der Waals surface area contributed by atoms with Crippen LogP contribution in [0.1, 0.15) is 30.9 Å². The maximum absolute atomic E-state index is 12.0. The molecule has 0 bridgehead atoms. The van der Waals surface area contributed by atoms with E-state index in [4.69, 9.17) is 0 Å². The van der Waals surface area contributed by atoms with E-state index in [1.165, 1.54) is 0 Å². The summed E-state index contributed by atoms with van der Waals surface area (Å²) in [4.78, 5) is 23.8. The molecule has 2 aromatic carbocycles. The molecule has 0 heterocycles. The second-order valence-electron chi connectivity index (χ2n) is 5.96. The number of benzene rings is 2. The Balaban J connectivity index is 1.73. The summed E-state index contributed by atoms with van der Waals surface area (Å²) in [5.41, 5.74) is 6.04. The van der Waals surface area contributed by atoms with Crippen molar-refractivity contribution in [2.45, 2.75) is 33.1 Å². The van der Waals surface area contributed by atoms with Crippen LogP contribution in [0.4, 0.5) is 5.69 Å². The first-order chi connectivity index (χ1) is 12.0. The molecule has 2 aromatic rings. The van der Waals surface area contributed by atoms with Crippen molar-refractivity contribution < 1.29 is 9.59 Å². The third kappa shape index (κ3) is 6.99. The maximum atomic E-state index is 12.0. The SMILES string of the molecule is C/C(CC(=O)Nc1ccc(C)cc1)=N\NC(=O)CCc1ccccc1. The van der Waals surface area contributed by atoms with Crippen molar-refractivity contribution in [3.05, 3.63) is 65.7 Å². The van der Waals surface area contributed by atoms with Crippen LogP contribution in [0.2, 0.25) is 0 Å². The van der Waals surface area contributed by atoms with Gasteiger partial charge in [0, 0.05) is 17.8 Å². The smallest absolute Gasteiger partial charge is 0.240 e. The van der Waals surface area contributed by atoms with E-state index in [0.717, 1.165) is 16.8 Å². The van der Waals surface area contributed by atoms with Gasteiger partial charge < -0.3 is 5.32 Å². The summed E-state index contributed by atoms with van der Waals surface area (Å²) in [5, 5.41) is 6.79. The first-order valence-electron chi connectivity index (χ1n) is 8.25. The molecule has 2 amide bonds. The average molecular weight is 337 g/mol. The van der Waals surface area contributed by atoms with Crippen LogP contribution in [0.3, 0.4) is 0 Å². The Labute approximate surface area is 148 Å². The number of hydrogen-bond donors (Lipinski definition) is 2. The zero-order chi connectivity index (χ0) is 18.1. The van der Waals surface area contributed by atoms with Crippen LogP contribution in [0.25, 0.3) is 0 Å². The molecule has 25 heavy (non-hydrogen) atoms. The molecule has 2 rings (SSSR count). The van der Waals surface area contributed by atoms with Crippen LogP contribution in [-0.4, -0.2) is 17.5 Å². The number of hydrazone groups is 1. The molecule has 5 heteroatoms. The maximum Gasteiger partial charge on any atom is 0.240 e. The van der Waals surface area contributed by atoms with Crippen molar-refractivity contribution in [3.63, 3.8) is 0 Å². The van der Waals surface area contributed by atoms with Gasteiger partial charge in [-0.05, 0) is 38.0 Å². The molecule has 0 spiro atoms. The van der Waals surface area contributed by atoms with Crippen molar-refractivity contribution in [3.8, 4) is 0 Å². The topological polar surface area (TPSA) is 70.6 Å². The second-order valence-corrected chi connectivity index (χ2v) is 5.96. The Hall–Kier alpha value is -2.95. The molecule has 130 valence electrons. The third-order valence-electron chi connectivity index (χ3n) is 3.61. The van der Waals surface area contributed by atoms with Gasteiger partial charge in [0.05, 0.1) is 6.42 Å². The Kier molecular flexibility index (Phi) is 6.89. The number of nitrogens with zero attached hydrogens (tertiary/aromatic N) is 1. The fourth-order valence-corrected chi connectivity index (χ4v) is 2.23. The second kappa shape index (κ2) is 9.37. The van der Waals surface area contributed by atoms with E-state index in [-0.39, 0.29) is 18.2 Å². The number of carbonyl (C=O) groups excluding carboxylic acids is 2. The van der Waals surface area contributed by atoms with Gasteiger partial charge in [0.25, 0.3) is 0 Å². The first-order valence-corrected chi connectivity index (χ1v) is 8.25. The number of anilines is 1. The normalized spacial score (nSPS) is 11.0. The highest BCUT2D eigenvalue weighted by Gasteiger charge is 2.06. The van der Waals surface area contributed by atoms with E-state index in [2.05, 4.69) is 15.8 Å². The number of nitrogens with one attached hydrogen (secondary N) is 2. The summed E-state index contributed by atoms with van der Waals surface area (Å²) in [5.74, 6) is -0.328. The fourth-order valence-electron chi connectivity index (χ4n) is 2.23. The van der Waals surface area contributed by atoms with Gasteiger partial charge in [-0.25, -0.2) is 5.43 Å². The van der Waals surface area contributed by atoms with Gasteiger partial charge in [0.2, 0.25) is 11.8 Å². The highest BCUT2D eigenvalue weighted by atomic mass is 16.2. The van der Waals surface area contributed by atoms with Crippen LogP contribution >= 0.6 is 0 Å². The Morgan fingerprint density at radius 3 is 2.32 bits per heavy atom. The Bertz CT molecular complexity index is 737. The standard InChI is InChI=1S/C20H23N3O2/c1-15-8-11-18(12-9-15)21-20(25)14-16(2)22-23-19(24)13-10-17-6-4-3-5-7-17/h3-9,11-12H,10,13-14H2,1-2H3,(H,21,25)(H,23,24)/b22-16+. The zero-order valence-corrected chi connectivity index (χ0v) is 14.6. The van der Waals surface area contributed by atoms with E-state index in [9.17, 15) is 9.59 Å². The fraction of sp³-hybridized carbons (Fsp3) is 0.250. The number of carbonyl (C=O) groups is 2. The van der Waals surface area contributed by atoms with Crippen LogP contribution in [0, 0.1) is 6.92 Å². The molecule has 0 saturated carbocycles. The van der Waals surface area contributed by atoms with Gasteiger partial charge in [-0.1, -0.05) is 48.0 Å². The van der Waals surface area contributed by atoms with Gasteiger partial charge in [0.15, 0.2) is 0 Å². The van der Waals surface area contributed by atoms with Gasteiger partial charge in [-0.3, -0.25) is 9.59 Å². The number of rotatable bonds is 7. The molecule has 0 aliphatic rings. The van der Waals surface area contributed by atoms with Crippen molar-refractivity contribution in [2.75, 3.05) is 5.32 Å². The zero-order valence-electron chi connectivity index (χ0n) is 14.6.